The lowest BCUT2D eigenvalue weighted by Gasteiger charge is -2.26. The lowest BCUT2D eigenvalue weighted by atomic mass is 9.80. The van der Waals surface area contributed by atoms with Gasteiger partial charge in [-0.1, -0.05) is 19.8 Å². The molecular formula is C18H21F5O3. The number of esters is 1. The maximum atomic E-state index is 12.8. The SMILES string of the molecule is CCC[C@H]1CC[C@H](C(=O)Oc2ccc(OC(F)(F)C(F)(F)F)cc2)CC1. The second-order valence-electron chi connectivity index (χ2n) is 6.52. The van der Waals surface area contributed by atoms with Crippen LogP contribution in [0.3, 0.4) is 0 Å². The number of carbonyl (C=O) groups excluding carboxylic acids is 1. The first kappa shape index (κ1) is 20.5. The topological polar surface area (TPSA) is 35.5 Å². The first-order chi connectivity index (χ1) is 12.1. The molecule has 146 valence electrons. The van der Waals surface area contributed by atoms with Crippen molar-refractivity contribution in [1.29, 1.82) is 0 Å². The molecule has 26 heavy (non-hydrogen) atoms. The Balaban J connectivity index is 1.88. The summed E-state index contributed by atoms with van der Waals surface area (Å²) in [6.45, 7) is 2.12. The van der Waals surface area contributed by atoms with Gasteiger partial charge in [-0.05, 0) is 55.9 Å². The van der Waals surface area contributed by atoms with Gasteiger partial charge in [0.1, 0.15) is 11.5 Å². The van der Waals surface area contributed by atoms with Gasteiger partial charge in [0.05, 0.1) is 5.92 Å². The fourth-order valence-electron chi connectivity index (χ4n) is 3.08. The molecule has 0 bridgehead atoms. The molecular weight excluding hydrogens is 359 g/mol. The van der Waals surface area contributed by atoms with Crippen LogP contribution in [0.4, 0.5) is 22.0 Å². The Morgan fingerprint density at radius 2 is 1.54 bits per heavy atom. The summed E-state index contributed by atoms with van der Waals surface area (Å²) in [5.74, 6) is -0.584. The van der Waals surface area contributed by atoms with E-state index < -0.39 is 24.0 Å². The number of benzene rings is 1. The zero-order chi connectivity index (χ0) is 19.4. The zero-order valence-corrected chi connectivity index (χ0v) is 14.3. The van der Waals surface area contributed by atoms with Crippen LogP contribution in [0, 0.1) is 11.8 Å². The van der Waals surface area contributed by atoms with E-state index in [1.165, 1.54) is 0 Å². The highest BCUT2D eigenvalue weighted by molar-refractivity contribution is 5.75. The van der Waals surface area contributed by atoms with Crippen LogP contribution < -0.4 is 9.47 Å². The minimum Gasteiger partial charge on any atom is -0.426 e. The first-order valence-corrected chi connectivity index (χ1v) is 8.57. The molecule has 0 heterocycles. The Labute approximate surface area is 148 Å². The van der Waals surface area contributed by atoms with Crippen LogP contribution >= 0.6 is 0 Å². The molecule has 0 spiro atoms. The molecule has 2 rings (SSSR count). The molecule has 1 aromatic carbocycles. The second kappa shape index (κ2) is 8.22. The van der Waals surface area contributed by atoms with E-state index in [9.17, 15) is 26.7 Å². The lowest BCUT2D eigenvalue weighted by Crippen LogP contribution is -2.41. The van der Waals surface area contributed by atoms with Gasteiger partial charge in [-0.15, -0.1) is 0 Å². The number of hydrogen-bond acceptors (Lipinski definition) is 3. The van der Waals surface area contributed by atoms with Crippen LogP contribution in [0.1, 0.15) is 45.4 Å². The molecule has 0 atom stereocenters. The van der Waals surface area contributed by atoms with Crippen molar-refractivity contribution in [3.8, 4) is 11.5 Å². The van der Waals surface area contributed by atoms with E-state index >= 15 is 0 Å². The molecule has 8 heteroatoms. The van der Waals surface area contributed by atoms with E-state index in [1.54, 1.807) is 0 Å². The van der Waals surface area contributed by atoms with Crippen molar-refractivity contribution in [2.24, 2.45) is 11.8 Å². The van der Waals surface area contributed by atoms with E-state index in [2.05, 4.69) is 11.7 Å². The molecule has 0 amide bonds. The largest absolute Gasteiger partial charge is 0.499 e. The molecule has 1 aliphatic carbocycles. The highest BCUT2D eigenvalue weighted by Gasteiger charge is 2.61. The molecule has 0 saturated heterocycles. The van der Waals surface area contributed by atoms with Crippen molar-refractivity contribution in [3.05, 3.63) is 24.3 Å². The number of halogens is 5. The average molecular weight is 380 g/mol. The Morgan fingerprint density at radius 3 is 2.04 bits per heavy atom. The van der Waals surface area contributed by atoms with E-state index in [1.807, 2.05) is 0 Å². The van der Waals surface area contributed by atoms with Crippen molar-refractivity contribution < 1.29 is 36.2 Å². The third-order valence-electron chi connectivity index (χ3n) is 4.50. The van der Waals surface area contributed by atoms with Gasteiger partial charge in [-0.2, -0.15) is 22.0 Å². The smallest absolute Gasteiger partial charge is 0.426 e. The summed E-state index contributed by atoms with van der Waals surface area (Å²) in [7, 11) is 0. The van der Waals surface area contributed by atoms with Crippen molar-refractivity contribution in [3.63, 3.8) is 0 Å². The Bertz CT molecular complexity index is 590. The minimum atomic E-state index is -5.81. The van der Waals surface area contributed by atoms with Gasteiger partial charge < -0.3 is 9.47 Å². The Morgan fingerprint density at radius 1 is 1.00 bits per heavy atom. The normalized spacial score (nSPS) is 21.3. The first-order valence-electron chi connectivity index (χ1n) is 8.57. The van der Waals surface area contributed by atoms with E-state index in [-0.39, 0.29) is 11.7 Å². The molecule has 0 N–H and O–H groups in total. The number of ether oxygens (including phenoxy) is 2. The number of hydrogen-bond donors (Lipinski definition) is 0. The highest BCUT2D eigenvalue weighted by atomic mass is 19.4. The van der Waals surface area contributed by atoms with Crippen molar-refractivity contribution in [1.82, 2.24) is 0 Å². The zero-order valence-electron chi connectivity index (χ0n) is 14.3. The van der Waals surface area contributed by atoms with Crippen molar-refractivity contribution in [2.45, 2.75) is 57.7 Å². The Kier molecular flexibility index (Phi) is 6.47. The molecule has 0 unspecified atom stereocenters. The predicted octanol–water partition coefficient (Wildman–Crippen LogP) is 5.73. The molecule has 1 aliphatic rings. The van der Waals surface area contributed by atoms with Gasteiger partial charge in [0, 0.05) is 0 Å². The van der Waals surface area contributed by atoms with Crippen LogP contribution in [-0.2, 0) is 4.79 Å². The van der Waals surface area contributed by atoms with Crippen LogP contribution in [0.5, 0.6) is 11.5 Å². The lowest BCUT2D eigenvalue weighted by molar-refractivity contribution is -0.360. The van der Waals surface area contributed by atoms with Crippen LogP contribution in [-0.4, -0.2) is 18.3 Å². The van der Waals surface area contributed by atoms with Crippen LogP contribution in [0.25, 0.3) is 0 Å². The predicted molar refractivity (Wildman–Crippen MR) is 84.1 cm³/mol. The maximum absolute atomic E-state index is 12.8. The molecule has 0 radical (unpaired) electrons. The highest BCUT2D eigenvalue weighted by Crippen LogP contribution is 2.37. The summed E-state index contributed by atoms with van der Waals surface area (Å²) < 4.78 is 70.8. The third kappa shape index (κ3) is 5.32. The van der Waals surface area contributed by atoms with Crippen molar-refractivity contribution >= 4 is 5.97 Å². The van der Waals surface area contributed by atoms with Gasteiger partial charge in [-0.3, -0.25) is 4.79 Å². The standard InChI is InChI=1S/C18H21F5O3/c1-2-3-12-4-6-13(7-5-12)16(24)25-14-8-10-15(11-9-14)26-18(22,23)17(19,20)21/h8-13H,2-7H2,1H3/t12-,13-. The summed E-state index contributed by atoms with van der Waals surface area (Å²) in [5.41, 5.74) is 0. The monoisotopic (exact) mass is 380 g/mol. The van der Waals surface area contributed by atoms with Gasteiger partial charge >= 0.3 is 18.3 Å². The van der Waals surface area contributed by atoms with E-state index in [0.29, 0.717) is 5.92 Å². The van der Waals surface area contributed by atoms with E-state index in [0.717, 1.165) is 62.8 Å². The van der Waals surface area contributed by atoms with Crippen molar-refractivity contribution in [2.75, 3.05) is 0 Å². The Hall–Kier alpha value is -1.86. The fraction of sp³-hybridized carbons (Fsp3) is 0.611. The van der Waals surface area contributed by atoms with Gasteiger partial charge in [0.15, 0.2) is 0 Å². The fourth-order valence-corrected chi connectivity index (χ4v) is 3.08. The summed E-state index contributed by atoms with van der Waals surface area (Å²) in [6.07, 6.45) is -5.44. The van der Waals surface area contributed by atoms with E-state index in [4.69, 9.17) is 4.74 Å². The number of alkyl halides is 5. The summed E-state index contributed by atoms with van der Waals surface area (Å²) in [6, 6.07) is 4.06. The summed E-state index contributed by atoms with van der Waals surface area (Å²) >= 11 is 0. The second-order valence-corrected chi connectivity index (χ2v) is 6.52. The van der Waals surface area contributed by atoms with Gasteiger partial charge in [0.25, 0.3) is 0 Å². The molecule has 1 fully saturated rings. The molecule has 1 aromatic rings. The van der Waals surface area contributed by atoms with Gasteiger partial charge in [-0.25, -0.2) is 0 Å². The summed E-state index contributed by atoms with van der Waals surface area (Å²) in [5, 5.41) is 0. The molecule has 3 nitrogen and oxygen atoms in total. The minimum absolute atomic E-state index is 0.0772. The number of rotatable bonds is 6. The quantitative estimate of drug-likeness (QED) is 0.359. The van der Waals surface area contributed by atoms with Crippen LogP contribution in [0.15, 0.2) is 24.3 Å². The third-order valence-corrected chi connectivity index (χ3v) is 4.50. The summed E-state index contributed by atoms with van der Waals surface area (Å²) in [4.78, 5) is 12.2. The van der Waals surface area contributed by atoms with Gasteiger partial charge in [0.2, 0.25) is 0 Å². The number of carbonyl (C=O) groups is 1. The average Bonchev–Trinajstić information content (AvgIpc) is 2.56. The molecule has 1 saturated carbocycles. The molecule has 0 aliphatic heterocycles. The molecule has 0 aromatic heterocycles. The van der Waals surface area contributed by atoms with Crippen LogP contribution in [0.2, 0.25) is 0 Å². The maximum Gasteiger partial charge on any atom is 0.499 e.